The first kappa shape index (κ1) is 34.0. The number of methoxy groups -OCH3 is 1. The van der Waals surface area contributed by atoms with Crippen molar-refractivity contribution in [3.63, 3.8) is 0 Å². The minimum Gasteiger partial charge on any atom is -0.469 e. The molecule has 2 fully saturated rings. The number of amides is 3. The fourth-order valence-electron chi connectivity index (χ4n) is 6.54. The molecule has 0 spiro atoms. The maximum absolute atomic E-state index is 14.1. The Kier molecular flexibility index (Phi) is 12.0. The van der Waals surface area contributed by atoms with Crippen LogP contribution in [0.25, 0.3) is 10.9 Å². The fourth-order valence-corrected chi connectivity index (χ4v) is 6.54. The average molecular weight is 625 g/mol. The Morgan fingerprint density at radius 2 is 1.80 bits per heavy atom. The number of ether oxygens (including phenoxy) is 1. The van der Waals surface area contributed by atoms with E-state index in [1.54, 1.807) is 22.9 Å². The topological polar surface area (TPSA) is 136 Å². The highest BCUT2D eigenvalue weighted by Gasteiger charge is 2.40. The Morgan fingerprint density at radius 3 is 2.53 bits per heavy atom. The first-order chi connectivity index (χ1) is 21.7. The molecule has 0 saturated carbocycles. The number of ketones is 1. The molecule has 3 amide bonds. The lowest BCUT2D eigenvalue weighted by molar-refractivity contribution is -0.147. The summed E-state index contributed by atoms with van der Waals surface area (Å²) in [5, 5.41) is 6.86. The van der Waals surface area contributed by atoms with Gasteiger partial charge in [-0.1, -0.05) is 51.3 Å². The van der Waals surface area contributed by atoms with Crippen LogP contribution in [0.1, 0.15) is 83.6 Å². The summed E-state index contributed by atoms with van der Waals surface area (Å²) in [7, 11) is 2.91. The lowest BCUT2D eigenvalue weighted by atomic mass is 9.87. The van der Waals surface area contributed by atoms with Crippen molar-refractivity contribution in [2.45, 2.75) is 103 Å². The number of carbonyl (C=O) groups is 5. The summed E-state index contributed by atoms with van der Waals surface area (Å²) in [6.07, 6.45) is 7.42. The van der Waals surface area contributed by atoms with Gasteiger partial charge in [-0.05, 0) is 49.7 Å². The highest BCUT2D eigenvalue weighted by Crippen LogP contribution is 2.27. The molecule has 246 valence electrons. The molecule has 45 heavy (non-hydrogen) atoms. The van der Waals surface area contributed by atoms with Gasteiger partial charge in [-0.25, -0.2) is 0 Å². The summed E-state index contributed by atoms with van der Waals surface area (Å²) in [4.78, 5) is 74.5. The second kappa shape index (κ2) is 15.9. The second-order valence-corrected chi connectivity index (χ2v) is 12.4. The monoisotopic (exact) mass is 624 g/mol. The number of hydrogen-bond acceptors (Lipinski definition) is 7. The number of piperidine rings is 1. The highest BCUT2D eigenvalue weighted by atomic mass is 16.6. The molecule has 3 heterocycles. The Balaban J connectivity index is 1.66. The van der Waals surface area contributed by atoms with Gasteiger partial charge >= 0.3 is 5.97 Å². The van der Waals surface area contributed by atoms with E-state index in [-0.39, 0.29) is 42.3 Å². The van der Waals surface area contributed by atoms with Crippen LogP contribution < -0.4 is 15.5 Å². The highest BCUT2D eigenvalue weighted by molar-refractivity contribution is 5.98. The number of rotatable bonds is 11. The third kappa shape index (κ3) is 8.23. The van der Waals surface area contributed by atoms with Gasteiger partial charge in [0.25, 0.3) is 0 Å². The molecule has 11 heteroatoms. The van der Waals surface area contributed by atoms with Crippen molar-refractivity contribution in [3.8, 4) is 0 Å². The molecular weight excluding hydrogens is 576 g/mol. The molecule has 11 nitrogen and oxygen atoms in total. The normalized spacial score (nSPS) is 23.8. The number of fused-ring (bicyclic) bond motifs is 2. The van der Waals surface area contributed by atoms with Crippen molar-refractivity contribution < 1.29 is 33.5 Å². The average Bonchev–Trinajstić information content (AvgIpc) is 3.41. The minimum atomic E-state index is -0.985. The molecule has 2 saturated heterocycles. The largest absolute Gasteiger partial charge is 0.469 e. The number of aromatic nitrogens is 1. The quantitative estimate of drug-likeness (QED) is 0.289. The predicted octanol–water partition coefficient (Wildman–Crippen LogP) is 3.35. The molecule has 1 unspecified atom stereocenters. The Bertz CT molecular complexity index is 1370. The molecule has 2 N–H and O–H groups in total. The van der Waals surface area contributed by atoms with Crippen molar-refractivity contribution in [2.24, 2.45) is 11.8 Å². The number of nitrogens with one attached hydrogen (secondary N) is 2. The first-order valence-electron chi connectivity index (χ1n) is 16.3. The summed E-state index contributed by atoms with van der Waals surface area (Å²) < 4.78 is 6.35. The standard InChI is InChI=1S/C34H48N4O7/c1-5-22(2)31-34(43)37-18-12-11-16-28(37)29(39)20-23(13-7-6-8-17-30(40)44-3)32(41)35-26(33(42)36-31)19-24-21-38(45-4)27-15-10-9-14-25(24)27/h9-10,14-15,21-23,26,28,31H,5-8,11-13,16-20H2,1-4H3,(H,35,41)(H,36,42)/t22?,23-,26+,28-,31+/m1/s1. The summed E-state index contributed by atoms with van der Waals surface area (Å²) in [6, 6.07) is 5.24. The van der Waals surface area contributed by atoms with Gasteiger partial charge in [-0.2, -0.15) is 4.73 Å². The van der Waals surface area contributed by atoms with Crippen LogP contribution in [0.2, 0.25) is 0 Å². The Hall–Kier alpha value is -3.89. The van der Waals surface area contributed by atoms with Gasteiger partial charge in [-0.3, -0.25) is 24.0 Å². The zero-order chi connectivity index (χ0) is 32.5. The van der Waals surface area contributed by atoms with E-state index in [4.69, 9.17) is 9.57 Å². The predicted molar refractivity (Wildman–Crippen MR) is 169 cm³/mol. The summed E-state index contributed by atoms with van der Waals surface area (Å²) in [6.45, 7) is 4.33. The van der Waals surface area contributed by atoms with Crippen LogP contribution >= 0.6 is 0 Å². The third-order valence-corrected chi connectivity index (χ3v) is 9.43. The van der Waals surface area contributed by atoms with Crippen LogP contribution in [0.4, 0.5) is 0 Å². The molecule has 1 aromatic carbocycles. The van der Waals surface area contributed by atoms with Gasteiger partial charge in [0, 0.05) is 43.3 Å². The van der Waals surface area contributed by atoms with Gasteiger partial charge in [0.05, 0.1) is 18.7 Å². The number of unbranched alkanes of at least 4 members (excludes halogenated alkanes) is 2. The number of para-hydroxylation sites is 1. The molecule has 2 aromatic rings. The zero-order valence-electron chi connectivity index (χ0n) is 27.0. The van der Waals surface area contributed by atoms with Gasteiger partial charge in [0.1, 0.15) is 19.2 Å². The summed E-state index contributed by atoms with van der Waals surface area (Å²) in [5.74, 6) is -2.28. The van der Waals surface area contributed by atoms with E-state index in [0.717, 1.165) is 29.3 Å². The molecule has 4 rings (SSSR count). The van der Waals surface area contributed by atoms with E-state index >= 15 is 0 Å². The van der Waals surface area contributed by atoms with Crippen LogP contribution in [-0.4, -0.2) is 78.0 Å². The van der Waals surface area contributed by atoms with E-state index in [2.05, 4.69) is 10.6 Å². The van der Waals surface area contributed by atoms with Crippen molar-refractivity contribution in [2.75, 3.05) is 20.8 Å². The first-order valence-corrected chi connectivity index (χ1v) is 16.3. The number of nitrogens with zero attached hydrogens (tertiary/aromatic N) is 2. The molecule has 2 aliphatic heterocycles. The van der Waals surface area contributed by atoms with Gasteiger partial charge in [0.15, 0.2) is 5.78 Å². The minimum absolute atomic E-state index is 0.0113. The number of benzene rings is 1. The third-order valence-electron chi connectivity index (χ3n) is 9.43. The Morgan fingerprint density at radius 1 is 1.02 bits per heavy atom. The van der Waals surface area contributed by atoms with Crippen molar-refractivity contribution in [1.29, 1.82) is 0 Å². The van der Waals surface area contributed by atoms with E-state index in [0.29, 0.717) is 51.5 Å². The van der Waals surface area contributed by atoms with Gasteiger partial charge in [0.2, 0.25) is 17.7 Å². The molecule has 1 aromatic heterocycles. The fraction of sp³-hybridized carbons (Fsp3) is 0.618. The number of esters is 1. The summed E-state index contributed by atoms with van der Waals surface area (Å²) >= 11 is 0. The van der Waals surface area contributed by atoms with Crippen molar-refractivity contribution >= 4 is 40.4 Å². The van der Waals surface area contributed by atoms with E-state index in [1.807, 2.05) is 38.1 Å². The number of hydrogen-bond donors (Lipinski definition) is 2. The van der Waals surface area contributed by atoms with Crippen LogP contribution in [0.5, 0.6) is 0 Å². The molecular formula is C34H48N4O7. The van der Waals surface area contributed by atoms with Crippen LogP contribution in [0.15, 0.2) is 30.5 Å². The molecule has 0 bridgehead atoms. The van der Waals surface area contributed by atoms with Gasteiger partial charge < -0.3 is 25.1 Å². The van der Waals surface area contributed by atoms with Crippen molar-refractivity contribution in [1.82, 2.24) is 20.3 Å². The van der Waals surface area contributed by atoms with E-state index in [9.17, 15) is 24.0 Å². The molecule has 0 aliphatic carbocycles. The molecule has 5 atom stereocenters. The molecule has 0 radical (unpaired) electrons. The van der Waals surface area contributed by atoms with Crippen LogP contribution in [0.3, 0.4) is 0 Å². The van der Waals surface area contributed by atoms with Crippen molar-refractivity contribution in [3.05, 3.63) is 36.0 Å². The van der Waals surface area contributed by atoms with E-state index < -0.39 is 30.0 Å². The smallest absolute Gasteiger partial charge is 0.305 e. The maximum Gasteiger partial charge on any atom is 0.305 e. The lowest BCUT2D eigenvalue weighted by Crippen LogP contribution is -2.61. The summed E-state index contributed by atoms with van der Waals surface area (Å²) in [5.41, 5.74) is 1.63. The number of carbonyl (C=O) groups excluding carboxylic acids is 5. The van der Waals surface area contributed by atoms with Crippen LogP contribution in [-0.2, 0) is 35.1 Å². The maximum atomic E-state index is 14.1. The molecule has 2 aliphatic rings. The number of Topliss-reactive ketones (excluding diaryl/α,β-unsaturated/α-hetero) is 1. The van der Waals surface area contributed by atoms with E-state index in [1.165, 1.54) is 7.11 Å². The second-order valence-electron chi connectivity index (χ2n) is 12.4. The lowest BCUT2D eigenvalue weighted by Gasteiger charge is -2.39. The zero-order valence-corrected chi connectivity index (χ0v) is 27.0. The SMILES string of the molecule is CCC(C)[C@@H]1NC(=O)[C@H](Cc2cn(OC)c3ccccc23)NC(=O)[C@H](CCCCCC(=O)OC)CC(=O)[C@H]2CCCCN2C1=O. The Labute approximate surface area is 265 Å². The van der Waals surface area contributed by atoms with Crippen LogP contribution in [0, 0.1) is 11.8 Å². The van der Waals surface area contributed by atoms with Gasteiger partial charge in [-0.15, -0.1) is 0 Å².